The van der Waals surface area contributed by atoms with Crippen molar-refractivity contribution in [1.29, 1.82) is 0 Å². The lowest BCUT2D eigenvalue weighted by Crippen LogP contribution is -2.26. The lowest BCUT2D eigenvalue weighted by molar-refractivity contribution is -0.141. The van der Waals surface area contributed by atoms with E-state index >= 15 is 0 Å². The van der Waals surface area contributed by atoms with Gasteiger partial charge in [-0.2, -0.15) is 0 Å². The molecule has 2 aromatic carbocycles. The summed E-state index contributed by atoms with van der Waals surface area (Å²) in [5.41, 5.74) is 2.62. The Labute approximate surface area is 173 Å². The normalized spacial score (nSPS) is 23.3. The van der Waals surface area contributed by atoms with Gasteiger partial charge in [-0.15, -0.1) is 0 Å². The predicted molar refractivity (Wildman–Crippen MR) is 106 cm³/mol. The van der Waals surface area contributed by atoms with Gasteiger partial charge in [0.1, 0.15) is 6.61 Å². The number of nitrogens with zero attached hydrogens (tertiary/aromatic N) is 1. The minimum Gasteiger partial charge on any atom is -0.493 e. The van der Waals surface area contributed by atoms with E-state index in [4.69, 9.17) is 28.4 Å². The van der Waals surface area contributed by atoms with Crippen LogP contribution in [0.2, 0.25) is 0 Å². The van der Waals surface area contributed by atoms with Crippen LogP contribution in [0.3, 0.4) is 0 Å². The van der Waals surface area contributed by atoms with E-state index in [0.717, 1.165) is 16.7 Å². The van der Waals surface area contributed by atoms with Crippen molar-refractivity contribution in [2.24, 2.45) is 10.9 Å². The summed E-state index contributed by atoms with van der Waals surface area (Å²) in [5.74, 6) is 1.73. The first-order valence-electron chi connectivity index (χ1n) is 9.58. The van der Waals surface area contributed by atoms with E-state index in [1.165, 1.54) is 0 Å². The molecule has 1 fully saturated rings. The average Bonchev–Trinajstić information content (AvgIpc) is 3.33. The van der Waals surface area contributed by atoms with E-state index in [-0.39, 0.29) is 31.3 Å². The Morgan fingerprint density at radius 3 is 2.30 bits per heavy atom. The summed E-state index contributed by atoms with van der Waals surface area (Å²) in [7, 11) is 4.69. The fourth-order valence-electron chi connectivity index (χ4n) is 4.41. The van der Waals surface area contributed by atoms with Crippen LogP contribution in [0.5, 0.6) is 28.7 Å². The lowest BCUT2D eigenvalue weighted by Gasteiger charge is -2.25. The molecule has 3 atom stereocenters. The highest BCUT2D eigenvalue weighted by molar-refractivity contribution is 5.88. The number of hydrogen-bond acceptors (Lipinski definition) is 8. The van der Waals surface area contributed by atoms with Gasteiger partial charge < -0.3 is 28.4 Å². The van der Waals surface area contributed by atoms with Crippen molar-refractivity contribution in [2.75, 3.05) is 34.7 Å². The standard InChI is InChI=1S/C22H21NO7/c1-25-17-4-11(5-18(26-2)21(17)27-3)19-13-7-16-15(29-10-30-16)6-12(13)8-23-14-9-28-22(24)20(14)19/h4-8,14,19-20H,9-10H2,1-3H3/t14-,19+,20-/m0/s1. The number of benzene rings is 2. The van der Waals surface area contributed by atoms with Gasteiger partial charge in [0.2, 0.25) is 12.5 Å². The molecule has 3 heterocycles. The third-order valence-corrected chi connectivity index (χ3v) is 5.81. The topological polar surface area (TPSA) is 84.8 Å². The van der Waals surface area contributed by atoms with Crippen molar-refractivity contribution in [3.63, 3.8) is 0 Å². The first-order valence-corrected chi connectivity index (χ1v) is 9.58. The molecule has 0 aromatic heterocycles. The number of hydrogen-bond donors (Lipinski definition) is 0. The van der Waals surface area contributed by atoms with Gasteiger partial charge in [-0.05, 0) is 35.4 Å². The molecule has 5 rings (SSSR count). The number of cyclic esters (lactones) is 1. The molecular weight excluding hydrogens is 390 g/mol. The highest BCUT2D eigenvalue weighted by atomic mass is 16.7. The molecule has 0 bridgehead atoms. The number of methoxy groups -OCH3 is 3. The van der Waals surface area contributed by atoms with E-state index in [0.29, 0.717) is 28.7 Å². The molecule has 0 aliphatic carbocycles. The molecule has 156 valence electrons. The van der Waals surface area contributed by atoms with E-state index in [1.54, 1.807) is 27.5 Å². The number of ether oxygens (including phenoxy) is 6. The van der Waals surface area contributed by atoms with Crippen LogP contribution in [0, 0.1) is 5.92 Å². The molecule has 8 heteroatoms. The van der Waals surface area contributed by atoms with Crippen molar-refractivity contribution in [1.82, 2.24) is 0 Å². The van der Waals surface area contributed by atoms with Crippen LogP contribution in [0.15, 0.2) is 29.3 Å². The predicted octanol–water partition coefficient (Wildman–Crippen LogP) is 2.55. The van der Waals surface area contributed by atoms with Crippen LogP contribution in [-0.2, 0) is 9.53 Å². The molecule has 30 heavy (non-hydrogen) atoms. The summed E-state index contributed by atoms with van der Waals surface area (Å²) in [4.78, 5) is 17.4. The SMILES string of the molecule is COc1cc([C@@H]2c3cc4c(cc3C=N[C@H]3COC(=O)[C@H]23)OCO4)cc(OC)c1OC. The molecule has 8 nitrogen and oxygen atoms in total. The fourth-order valence-corrected chi connectivity index (χ4v) is 4.41. The maximum atomic E-state index is 12.8. The molecule has 2 aromatic rings. The van der Waals surface area contributed by atoms with E-state index in [2.05, 4.69) is 4.99 Å². The van der Waals surface area contributed by atoms with E-state index in [9.17, 15) is 4.79 Å². The fraction of sp³-hybridized carbons (Fsp3) is 0.364. The Balaban J connectivity index is 1.74. The Morgan fingerprint density at radius 1 is 0.933 bits per heavy atom. The first-order chi connectivity index (χ1) is 14.6. The van der Waals surface area contributed by atoms with Crippen molar-refractivity contribution in [3.8, 4) is 28.7 Å². The van der Waals surface area contributed by atoms with Crippen molar-refractivity contribution in [3.05, 3.63) is 41.0 Å². The first kappa shape index (κ1) is 18.6. The zero-order chi connectivity index (χ0) is 20.8. The number of carbonyl (C=O) groups excluding carboxylic acids is 1. The maximum absolute atomic E-state index is 12.8. The minimum atomic E-state index is -0.481. The summed E-state index contributed by atoms with van der Waals surface area (Å²) in [6.07, 6.45) is 1.79. The minimum absolute atomic E-state index is 0.165. The van der Waals surface area contributed by atoms with Gasteiger partial charge in [-0.3, -0.25) is 9.79 Å². The van der Waals surface area contributed by atoms with Gasteiger partial charge in [-0.25, -0.2) is 0 Å². The second kappa shape index (κ2) is 7.12. The summed E-state index contributed by atoms with van der Waals surface area (Å²) >= 11 is 0. The Hall–Kier alpha value is -3.42. The van der Waals surface area contributed by atoms with Crippen LogP contribution >= 0.6 is 0 Å². The molecule has 1 saturated heterocycles. The highest BCUT2D eigenvalue weighted by Crippen LogP contribution is 2.48. The number of fused-ring (bicyclic) bond motifs is 3. The lowest BCUT2D eigenvalue weighted by atomic mass is 9.77. The zero-order valence-corrected chi connectivity index (χ0v) is 16.8. The molecule has 0 N–H and O–H groups in total. The molecule has 0 radical (unpaired) electrons. The van der Waals surface area contributed by atoms with Crippen molar-refractivity contribution >= 4 is 12.2 Å². The van der Waals surface area contributed by atoms with Gasteiger partial charge in [0.15, 0.2) is 23.0 Å². The molecule has 0 unspecified atom stereocenters. The van der Waals surface area contributed by atoms with Crippen LogP contribution in [0.1, 0.15) is 22.6 Å². The molecule has 0 saturated carbocycles. The Morgan fingerprint density at radius 2 is 1.63 bits per heavy atom. The number of aliphatic imine (C=N–C) groups is 1. The maximum Gasteiger partial charge on any atom is 0.312 e. The van der Waals surface area contributed by atoms with Gasteiger partial charge in [0.25, 0.3) is 0 Å². The van der Waals surface area contributed by atoms with Crippen LogP contribution in [0.25, 0.3) is 0 Å². The summed E-state index contributed by atoms with van der Waals surface area (Å²) < 4.78 is 33.1. The molecule has 3 aliphatic rings. The largest absolute Gasteiger partial charge is 0.493 e. The smallest absolute Gasteiger partial charge is 0.312 e. The second-order valence-electron chi connectivity index (χ2n) is 7.27. The molecule has 0 spiro atoms. The van der Waals surface area contributed by atoms with Crippen LogP contribution < -0.4 is 23.7 Å². The van der Waals surface area contributed by atoms with Gasteiger partial charge in [0.05, 0.1) is 33.3 Å². The second-order valence-corrected chi connectivity index (χ2v) is 7.27. The number of carbonyl (C=O) groups is 1. The summed E-state index contributed by atoms with van der Waals surface area (Å²) in [6.45, 7) is 0.417. The monoisotopic (exact) mass is 411 g/mol. The third kappa shape index (κ3) is 2.74. The number of rotatable bonds is 4. The quantitative estimate of drug-likeness (QED) is 0.715. The van der Waals surface area contributed by atoms with E-state index in [1.807, 2.05) is 24.3 Å². The molecule has 0 amide bonds. The summed E-state index contributed by atoms with van der Waals surface area (Å²) in [6, 6.07) is 7.28. The van der Waals surface area contributed by atoms with Crippen LogP contribution in [0.4, 0.5) is 0 Å². The Kier molecular flexibility index (Phi) is 4.42. The zero-order valence-electron chi connectivity index (χ0n) is 16.8. The van der Waals surface area contributed by atoms with Gasteiger partial charge >= 0.3 is 5.97 Å². The molecule has 3 aliphatic heterocycles. The van der Waals surface area contributed by atoms with Gasteiger partial charge in [0, 0.05) is 17.7 Å². The van der Waals surface area contributed by atoms with Gasteiger partial charge in [-0.1, -0.05) is 0 Å². The highest BCUT2D eigenvalue weighted by Gasteiger charge is 2.46. The molecular formula is C22H21NO7. The number of esters is 1. The van der Waals surface area contributed by atoms with E-state index < -0.39 is 5.92 Å². The van der Waals surface area contributed by atoms with Crippen LogP contribution in [-0.4, -0.2) is 53.0 Å². The Bertz CT molecular complexity index is 1020. The third-order valence-electron chi connectivity index (χ3n) is 5.81. The summed E-state index contributed by atoms with van der Waals surface area (Å²) in [5, 5.41) is 0. The van der Waals surface area contributed by atoms with Crippen molar-refractivity contribution in [2.45, 2.75) is 12.0 Å². The van der Waals surface area contributed by atoms with Crippen molar-refractivity contribution < 1.29 is 33.2 Å². The average molecular weight is 411 g/mol.